The highest BCUT2D eigenvalue weighted by atomic mass is 127. The van der Waals surface area contributed by atoms with Gasteiger partial charge in [0.25, 0.3) is 0 Å². The van der Waals surface area contributed by atoms with Crippen LogP contribution in [0.1, 0.15) is 0 Å². The predicted molar refractivity (Wildman–Crippen MR) is 54.4 cm³/mol. The molecule has 0 atom stereocenters. The summed E-state index contributed by atoms with van der Waals surface area (Å²) in [4.78, 5) is 0. The van der Waals surface area contributed by atoms with Crippen molar-refractivity contribution < 1.29 is 4.42 Å². The first-order chi connectivity index (χ1) is 4.52. The zero-order chi connectivity index (χ0) is 7.78. The monoisotopic (exact) mass is 266 g/mol. The van der Waals surface area contributed by atoms with Gasteiger partial charge in [-0.15, -0.1) is 0 Å². The molecule has 0 radical (unpaired) electrons. The minimum atomic E-state index is -1.13. The molecular formula is C7H11IOSi. The average Bonchev–Trinajstić information content (AvgIpc) is 2.11. The van der Waals surface area contributed by atoms with Gasteiger partial charge in [-0.25, -0.2) is 0 Å². The zero-order valence-electron chi connectivity index (χ0n) is 6.44. The van der Waals surface area contributed by atoms with Gasteiger partial charge < -0.3 is 4.42 Å². The fourth-order valence-electron chi connectivity index (χ4n) is 0.817. The summed E-state index contributed by atoms with van der Waals surface area (Å²) in [5, 5.41) is 1.42. The molecule has 0 aliphatic carbocycles. The lowest BCUT2D eigenvalue weighted by molar-refractivity contribution is 0.567. The molecule has 0 saturated carbocycles. The molecular weight excluding hydrogens is 255 g/mol. The van der Waals surface area contributed by atoms with Crippen LogP contribution in [0.25, 0.3) is 0 Å². The van der Waals surface area contributed by atoms with Crippen LogP contribution in [-0.2, 0) is 0 Å². The van der Waals surface area contributed by atoms with E-state index in [0.717, 1.165) is 0 Å². The number of furan rings is 1. The van der Waals surface area contributed by atoms with Crippen molar-refractivity contribution in [2.24, 2.45) is 0 Å². The molecule has 1 rings (SSSR count). The highest BCUT2D eigenvalue weighted by Crippen LogP contribution is 2.09. The zero-order valence-corrected chi connectivity index (χ0v) is 9.60. The Bertz CT molecular complexity index is 224. The van der Waals surface area contributed by atoms with Crippen molar-refractivity contribution in [2.75, 3.05) is 0 Å². The van der Waals surface area contributed by atoms with Crippen LogP contribution in [-0.4, -0.2) is 8.07 Å². The lowest BCUT2D eigenvalue weighted by Crippen LogP contribution is -2.38. The van der Waals surface area contributed by atoms with Gasteiger partial charge in [-0.3, -0.25) is 0 Å². The third-order valence-electron chi connectivity index (χ3n) is 1.42. The van der Waals surface area contributed by atoms with Crippen molar-refractivity contribution in [3.05, 3.63) is 16.1 Å². The first-order valence-electron chi connectivity index (χ1n) is 3.24. The molecule has 10 heavy (non-hydrogen) atoms. The minimum absolute atomic E-state index is 1.13. The summed E-state index contributed by atoms with van der Waals surface area (Å²) in [6.07, 6.45) is 3.70. The maximum absolute atomic E-state index is 5.10. The summed E-state index contributed by atoms with van der Waals surface area (Å²) in [7, 11) is -1.13. The summed E-state index contributed by atoms with van der Waals surface area (Å²) in [6.45, 7) is 6.96. The van der Waals surface area contributed by atoms with Crippen molar-refractivity contribution in [3.8, 4) is 0 Å². The third-order valence-corrected chi connectivity index (χ3v) is 4.77. The summed E-state index contributed by atoms with van der Waals surface area (Å²) in [6, 6.07) is 0. The van der Waals surface area contributed by atoms with E-state index >= 15 is 0 Å². The molecule has 1 nitrogen and oxygen atoms in total. The number of hydrogen-bond donors (Lipinski definition) is 0. The van der Waals surface area contributed by atoms with Crippen LogP contribution in [0.2, 0.25) is 19.6 Å². The lowest BCUT2D eigenvalue weighted by Gasteiger charge is -2.13. The Morgan fingerprint density at radius 3 is 2.10 bits per heavy atom. The molecule has 1 aromatic rings. The van der Waals surface area contributed by atoms with Crippen LogP contribution >= 0.6 is 22.6 Å². The van der Waals surface area contributed by atoms with Crippen LogP contribution in [0.15, 0.2) is 16.9 Å². The van der Waals surface area contributed by atoms with E-state index in [0.29, 0.717) is 0 Å². The van der Waals surface area contributed by atoms with Crippen molar-refractivity contribution in [2.45, 2.75) is 19.6 Å². The van der Waals surface area contributed by atoms with Crippen molar-refractivity contribution in [1.82, 2.24) is 0 Å². The average molecular weight is 266 g/mol. The van der Waals surface area contributed by atoms with Gasteiger partial charge in [-0.1, -0.05) is 19.6 Å². The molecule has 0 N–H and O–H groups in total. The molecule has 1 aromatic heterocycles. The molecule has 1 heterocycles. The highest BCUT2D eigenvalue weighted by molar-refractivity contribution is 14.1. The normalized spacial score (nSPS) is 12.0. The molecule has 0 aliphatic heterocycles. The summed E-state index contributed by atoms with van der Waals surface area (Å²) < 4.78 is 6.37. The number of halogens is 1. The second-order valence-corrected chi connectivity index (χ2v) is 9.58. The molecule has 0 saturated heterocycles. The molecule has 56 valence electrons. The SMILES string of the molecule is C[Si](C)(C)c1cocc1I. The van der Waals surface area contributed by atoms with Gasteiger partial charge >= 0.3 is 0 Å². The van der Waals surface area contributed by atoms with Gasteiger partial charge in [0.05, 0.1) is 17.9 Å². The maximum atomic E-state index is 5.10. The van der Waals surface area contributed by atoms with Gasteiger partial charge in [-0.2, -0.15) is 0 Å². The fourth-order valence-corrected chi connectivity index (χ4v) is 4.71. The summed E-state index contributed by atoms with van der Waals surface area (Å²) in [5.41, 5.74) is 0. The third kappa shape index (κ3) is 1.63. The van der Waals surface area contributed by atoms with E-state index in [1.807, 2.05) is 12.5 Å². The fraction of sp³-hybridized carbons (Fsp3) is 0.429. The van der Waals surface area contributed by atoms with Crippen LogP contribution in [0, 0.1) is 3.57 Å². The van der Waals surface area contributed by atoms with Crippen LogP contribution in [0.5, 0.6) is 0 Å². The van der Waals surface area contributed by atoms with Crippen LogP contribution in [0.4, 0.5) is 0 Å². The Hall–Kier alpha value is 0.227. The molecule has 0 amide bonds. The molecule has 0 fully saturated rings. The Balaban J connectivity index is 3.05. The van der Waals surface area contributed by atoms with Gasteiger partial charge in [0.1, 0.15) is 6.26 Å². The van der Waals surface area contributed by atoms with Gasteiger partial charge in [-0.05, 0) is 27.8 Å². The largest absolute Gasteiger partial charge is 0.472 e. The molecule has 0 spiro atoms. The predicted octanol–water partition coefficient (Wildman–Crippen LogP) is 2.43. The first-order valence-corrected chi connectivity index (χ1v) is 7.82. The molecule has 3 heteroatoms. The van der Waals surface area contributed by atoms with E-state index in [4.69, 9.17) is 4.42 Å². The Labute approximate surface area is 76.0 Å². The van der Waals surface area contributed by atoms with E-state index in [2.05, 4.69) is 42.2 Å². The Kier molecular flexibility index (Phi) is 2.24. The first kappa shape index (κ1) is 8.32. The van der Waals surface area contributed by atoms with Crippen molar-refractivity contribution >= 4 is 35.9 Å². The summed E-state index contributed by atoms with van der Waals surface area (Å²) in [5.74, 6) is 0. The molecule has 0 aromatic carbocycles. The van der Waals surface area contributed by atoms with Crippen LogP contribution < -0.4 is 5.19 Å². The number of hydrogen-bond acceptors (Lipinski definition) is 1. The second kappa shape index (κ2) is 2.69. The van der Waals surface area contributed by atoms with Gasteiger partial charge in [0, 0.05) is 0 Å². The van der Waals surface area contributed by atoms with E-state index in [1.165, 1.54) is 8.76 Å². The van der Waals surface area contributed by atoms with Crippen molar-refractivity contribution in [3.63, 3.8) is 0 Å². The van der Waals surface area contributed by atoms with E-state index in [-0.39, 0.29) is 0 Å². The van der Waals surface area contributed by atoms with Crippen LogP contribution in [0.3, 0.4) is 0 Å². The molecule has 0 unspecified atom stereocenters. The van der Waals surface area contributed by atoms with E-state index in [9.17, 15) is 0 Å². The lowest BCUT2D eigenvalue weighted by atomic mass is 10.7. The van der Waals surface area contributed by atoms with Gasteiger partial charge in [0.2, 0.25) is 0 Å². The smallest absolute Gasteiger partial charge is 0.103 e. The minimum Gasteiger partial charge on any atom is -0.472 e. The highest BCUT2D eigenvalue weighted by Gasteiger charge is 2.20. The standard InChI is InChI=1S/C7H11IOSi/c1-10(2,3)7-5-9-4-6(7)8/h4-5H,1-3H3. The topological polar surface area (TPSA) is 13.1 Å². The van der Waals surface area contributed by atoms with E-state index in [1.54, 1.807) is 0 Å². The Morgan fingerprint density at radius 2 is 1.90 bits per heavy atom. The summed E-state index contributed by atoms with van der Waals surface area (Å²) >= 11 is 2.32. The molecule has 0 aliphatic rings. The number of rotatable bonds is 1. The maximum Gasteiger partial charge on any atom is 0.103 e. The van der Waals surface area contributed by atoms with Gasteiger partial charge in [0.15, 0.2) is 0 Å². The quantitative estimate of drug-likeness (QED) is 0.562. The van der Waals surface area contributed by atoms with Crippen molar-refractivity contribution in [1.29, 1.82) is 0 Å². The van der Waals surface area contributed by atoms with E-state index < -0.39 is 8.07 Å². The molecule has 0 bridgehead atoms. The second-order valence-electron chi connectivity index (χ2n) is 3.38. The Morgan fingerprint density at radius 1 is 1.30 bits per heavy atom.